The van der Waals surface area contributed by atoms with Crippen LogP contribution in [0.25, 0.3) is 0 Å². The summed E-state index contributed by atoms with van der Waals surface area (Å²) in [5.41, 5.74) is 2.90. The molecule has 0 aliphatic carbocycles. The molecule has 3 rings (SSSR count). The van der Waals surface area contributed by atoms with Crippen molar-refractivity contribution in [3.8, 4) is 0 Å². The zero-order chi connectivity index (χ0) is 18.8. The predicted octanol–water partition coefficient (Wildman–Crippen LogP) is 3.08. The summed E-state index contributed by atoms with van der Waals surface area (Å²) >= 11 is 0. The van der Waals surface area contributed by atoms with Gasteiger partial charge in [-0.3, -0.25) is 14.4 Å². The van der Waals surface area contributed by atoms with Crippen LogP contribution in [-0.4, -0.2) is 41.6 Å². The van der Waals surface area contributed by atoms with E-state index in [1.807, 2.05) is 38.1 Å². The predicted molar refractivity (Wildman–Crippen MR) is 100 cm³/mol. The van der Waals surface area contributed by atoms with E-state index in [2.05, 4.69) is 0 Å². The van der Waals surface area contributed by atoms with Crippen LogP contribution in [0.4, 0.5) is 5.69 Å². The first kappa shape index (κ1) is 17.9. The molecule has 0 spiro atoms. The zero-order valence-electron chi connectivity index (χ0n) is 15.2. The molecule has 134 valence electrons. The van der Waals surface area contributed by atoms with Crippen molar-refractivity contribution < 1.29 is 14.4 Å². The number of anilines is 1. The molecule has 1 saturated heterocycles. The highest BCUT2D eigenvalue weighted by atomic mass is 16.2. The normalized spacial score (nSPS) is 17.3. The molecule has 0 saturated carbocycles. The second-order valence-electron chi connectivity index (χ2n) is 6.76. The van der Waals surface area contributed by atoms with Crippen molar-refractivity contribution in [1.29, 1.82) is 0 Å². The van der Waals surface area contributed by atoms with Gasteiger partial charge in [0.15, 0.2) is 5.78 Å². The summed E-state index contributed by atoms with van der Waals surface area (Å²) in [6.45, 7) is 5.87. The summed E-state index contributed by atoms with van der Waals surface area (Å²) in [4.78, 5) is 40.3. The molecule has 1 heterocycles. The molecule has 5 nitrogen and oxygen atoms in total. The van der Waals surface area contributed by atoms with Gasteiger partial charge in [0.2, 0.25) is 5.91 Å². The first-order valence-electron chi connectivity index (χ1n) is 8.66. The second kappa shape index (κ2) is 7.12. The first-order valence-corrected chi connectivity index (χ1v) is 8.66. The summed E-state index contributed by atoms with van der Waals surface area (Å²) in [5, 5.41) is 0. The molecule has 1 aliphatic rings. The number of piperazine rings is 1. The summed E-state index contributed by atoms with van der Waals surface area (Å²) in [6.07, 6.45) is 0. The van der Waals surface area contributed by atoms with E-state index in [-0.39, 0.29) is 30.2 Å². The number of amides is 2. The number of benzene rings is 2. The van der Waals surface area contributed by atoms with Crippen LogP contribution in [0.2, 0.25) is 0 Å². The Morgan fingerprint density at radius 3 is 2.35 bits per heavy atom. The highest BCUT2D eigenvalue weighted by molar-refractivity contribution is 6.03. The van der Waals surface area contributed by atoms with Crippen LogP contribution < -0.4 is 4.90 Å². The van der Waals surface area contributed by atoms with Gasteiger partial charge in [0.05, 0.1) is 0 Å². The van der Waals surface area contributed by atoms with E-state index in [4.69, 9.17) is 0 Å². The van der Waals surface area contributed by atoms with Crippen molar-refractivity contribution in [3.63, 3.8) is 0 Å². The number of nitrogens with zero attached hydrogens (tertiary/aromatic N) is 2. The minimum absolute atomic E-state index is 0.0260. The Morgan fingerprint density at radius 1 is 1.04 bits per heavy atom. The standard InChI is InChI=1S/C21H22N2O3/c1-14-7-9-19(10-8-14)23-12-15(2)22(13-20(23)25)21(26)18-6-4-5-17(11-18)16(3)24/h4-11,15H,12-13H2,1-3H3. The monoisotopic (exact) mass is 350 g/mol. The molecule has 2 aromatic rings. The molecule has 26 heavy (non-hydrogen) atoms. The van der Waals surface area contributed by atoms with E-state index < -0.39 is 0 Å². The van der Waals surface area contributed by atoms with Crippen molar-refractivity contribution in [2.45, 2.75) is 26.8 Å². The van der Waals surface area contributed by atoms with Crippen LogP contribution in [-0.2, 0) is 4.79 Å². The third-order valence-electron chi connectivity index (χ3n) is 4.71. The van der Waals surface area contributed by atoms with Gasteiger partial charge in [-0.2, -0.15) is 0 Å². The number of carbonyl (C=O) groups is 3. The molecule has 2 aromatic carbocycles. The smallest absolute Gasteiger partial charge is 0.254 e. The van der Waals surface area contributed by atoms with Gasteiger partial charge in [0.1, 0.15) is 6.54 Å². The molecular weight excluding hydrogens is 328 g/mol. The molecular formula is C21H22N2O3. The fourth-order valence-electron chi connectivity index (χ4n) is 3.13. The Bertz CT molecular complexity index is 858. The van der Waals surface area contributed by atoms with Gasteiger partial charge in [-0.1, -0.05) is 29.8 Å². The van der Waals surface area contributed by atoms with Crippen LogP contribution in [0.3, 0.4) is 0 Å². The third kappa shape index (κ3) is 3.52. The van der Waals surface area contributed by atoms with Crippen LogP contribution in [0.15, 0.2) is 48.5 Å². The SMILES string of the molecule is CC(=O)c1cccc(C(=O)N2CC(=O)N(c3ccc(C)cc3)CC2C)c1. The lowest BCUT2D eigenvalue weighted by Crippen LogP contribution is -2.57. The number of rotatable bonds is 3. The number of hydrogen-bond donors (Lipinski definition) is 0. The highest BCUT2D eigenvalue weighted by Gasteiger charge is 2.33. The van der Waals surface area contributed by atoms with E-state index in [0.29, 0.717) is 17.7 Å². The molecule has 5 heteroatoms. The first-order chi connectivity index (χ1) is 12.4. The quantitative estimate of drug-likeness (QED) is 0.800. The molecule has 0 radical (unpaired) electrons. The molecule has 0 aromatic heterocycles. The summed E-state index contributed by atoms with van der Waals surface area (Å²) in [6, 6.07) is 14.3. The molecule has 1 aliphatic heterocycles. The summed E-state index contributed by atoms with van der Waals surface area (Å²) in [7, 11) is 0. The Kier molecular flexibility index (Phi) is 4.89. The Morgan fingerprint density at radius 2 is 1.69 bits per heavy atom. The lowest BCUT2D eigenvalue weighted by Gasteiger charge is -2.39. The van der Waals surface area contributed by atoms with Gasteiger partial charge in [-0.05, 0) is 45.0 Å². The van der Waals surface area contributed by atoms with Crippen molar-refractivity contribution in [2.75, 3.05) is 18.0 Å². The van der Waals surface area contributed by atoms with Gasteiger partial charge in [0, 0.05) is 29.4 Å². The van der Waals surface area contributed by atoms with Gasteiger partial charge >= 0.3 is 0 Å². The number of Topliss-reactive ketones (excluding diaryl/α,β-unsaturated/α-hetero) is 1. The average molecular weight is 350 g/mol. The zero-order valence-corrected chi connectivity index (χ0v) is 15.2. The van der Waals surface area contributed by atoms with Crippen LogP contribution in [0, 0.1) is 6.92 Å². The largest absolute Gasteiger partial charge is 0.325 e. The number of ketones is 1. The van der Waals surface area contributed by atoms with Crippen LogP contribution in [0.5, 0.6) is 0 Å². The van der Waals surface area contributed by atoms with Gasteiger partial charge < -0.3 is 9.80 Å². The average Bonchev–Trinajstić information content (AvgIpc) is 2.63. The third-order valence-corrected chi connectivity index (χ3v) is 4.71. The number of hydrogen-bond acceptors (Lipinski definition) is 3. The van der Waals surface area contributed by atoms with E-state index in [0.717, 1.165) is 11.3 Å². The van der Waals surface area contributed by atoms with E-state index >= 15 is 0 Å². The Hall–Kier alpha value is -2.95. The van der Waals surface area contributed by atoms with E-state index in [1.54, 1.807) is 34.1 Å². The minimum atomic E-state index is -0.225. The van der Waals surface area contributed by atoms with E-state index in [9.17, 15) is 14.4 Å². The molecule has 2 amide bonds. The molecule has 1 atom stereocenters. The van der Waals surface area contributed by atoms with Gasteiger partial charge in [0.25, 0.3) is 5.91 Å². The summed E-state index contributed by atoms with van der Waals surface area (Å²) < 4.78 is 0. The highest BCUT2D eigenvalue weighted by Crippen LogP contribution is 2.22. The van der Waals surface area contributed by atoms with Crippen LogP contribution in [0.1, 0.15) is 40.1 Å². The molecule has 1 fully saturated rings. The fourth-order valence-corrected chi connectivity index (χ4v) is 3.13. The lowest BCUT2D eigenvalue weighted by atomic mass is 10.0. The maximum absolute atomic E-state index is 12.9. The van der Waals surface area contributed by atoms with Crippen molar-refractivity contribution in [3.05, 3.63) is 65.2 Å². The van der Waals surface area contributed by atoms with Crippen LogP contribution >= 0.6 is 0 Å². The topological polar surface area (TPSA) is 57.7 Å². The maximum Gasteiger partial charge on any atom is 0.254 e. The second-order valence-corrected chi connectivity index (χ2v) is 6.76. The molecule has 0 N–H and O–H groups in total. The minimum Gasteiger partial charge on any atom is -0.325 e. The summed E-state index contributed by atoms with van der Waals surface area (Å²) in [5.74, 6) is -0.423. The lowest BCUT2D eigenvalue weighted by molar-refractivity contribution is -0.121. The van der Waals surface area contributed by atoms with E-state index in [1.165, 1.54) is 6.92 Å². The van der Waals surface area contributed by atoms with Crippen molar-refractivity contribution in [1.82, 2.24) is 4.90 Å². The number of aryl methyl sites for hydroxylation is 1. The van der Waals surface area contributed by atoms with Crippen molar-refractivity contribution >= 4 is 23.3 Å². The maximum atomic E-state index is 12.9. The molecule has 0 bridgehead atoms. The Balaban J connectivity index is 1.80. The molecule has 1 unspecified atom stereocenters. The number of carbonyl (C=O) groups excluding carboxylic acids is 3. The van der Waals surface area contributed by atoms with Crippen molar-refractivity contribution in [2.24, 2.45) is 0 Å². The van der Waals surface area contributed by atoms with Gasteiger partial charge in [-0.25, -0.2) is 0 Å². The fraction of sp³-hybridized carbons (Fsp3) is 0.286. The Labute approximate surface area is 153 Å². The van der Waals surface area contributed by atoms with Gasteiger partial charge in [-0.15, -0.1) is 0 Å².